The average molecular weight is 405 g/mol. The maximum absolute atomic E-state index is 13.6. The van der Waals surface area contributed by atoms with Gasteiger partial charge in [0.15, 0.2) is 4.90 Å². The second-order valence-electron chi connectivity index (χ2n) is 3.99. The van der Waals surface area contributed by atoms with Crippen molar-refractivity contribution in [1.29, 1.82) is 5.26 Å². The van der Waals surface area contributed by atoms with Gasteiger partial charge in [-0.15, -0.1) is 0 Å². The van der Waals surface area contributed by atoms with Crippen LogP contribution >= 0.6 is 27.7 Å². The minimum Gasteiger partial charge on any atom is -0.278 e. The van der Waals surface area contributed by atoms with E-state index in [0.717, 1.165) is 30.0 Å². The molecule has 0 radical (unpaired) electrons. The molecule has 0 heterocycles. The van der Waals surface area contributed by atoms with E-state index in [1.165, 1.54) is 18.2 Å². The van der Waals surface area contributed by atoms with Gasteiger partial charge in [-0.25, -0.2) is 17.2 Å². The van der Waals surface area contributed by atoms with Crippen molar-refractivity contribution in [3.8, 4) is 5.40 Å². The van der Waals surface area contributed by atoms with Gasteiger partial charge < -0.3 is 0 Å². The number of benzene rings is 2. The summed E-state index contributed by atoms with van der Waals surface area (Å²) in [4.78, 5) is -0.452. The second-order valence-corrected chi connectivity index (χ2v) is 7.32. The van der Waals surface area contributed by atoms with Gasteiger partial charge in [0, 0.05) is 9.37 Å². The Labute approximate surface area is 138 Å². The van der Waals surface area contributed by atoms with Crippen molar-refractivity contribution in [2.45, 2.75) is 9.79 Å². The van der Waals surface area contributed by atoms with Crippen LogP contribution in [0.3, 0.4) is 0 Å². The molecule has 0 aromatic heterocycles. The smallest absolute Gasteiger partial charge is 0.267 e. The van der Waals surface area contributed by atoms with E-state index in [1.54, 1.807) is 0 Å². The molecule has 2 rings (SSSR count). The lowest BCUT2D eigenvalue weighted by molar-refractivity contribution is 0.521. The first-order chi connectivity index (χ1) is 10.3. The van der Waals surface area contributed by atoms with E-state index in [2.05, 4.69) is 20.7 Å². The summed E-state index contributed by atoms with van der Waals surface area (Å²) in [6.07, 6.45) is 0. The fourth-order valence-electron chi connectivity index (χ4n) is 1.63. The van der Waals surface area contributed by atoms with Crippen molar-refractivity contribution < 1.29 is 17.2 Å². The van der Waals surface area contributed by atoms with Crippen molar-refractivity contribution in [3.05, 3.63) is 52.5 Å². The summed E-state index contributed by atoms with van der Waals surface area (Å²) in [6, 6.07) is 7.21. The zero-order valence-electron chi connectivity index (χ0n) is 10.7. The zero-order valence-corrected chi connectivity index (χ0v) is 13.9. The molecule has 22 heavy (non-hydrogen) atoms. The molecule has 0 fully saturated rings. The summed E-state index contributed by atoms with van der Waals surface area (Å²) in [5.74, 6) is -2.36. The molecule has 2 aromatic rings. The second kappa shape index (κ2) is 6.64. The Bertz CT molecular complexity index is 847. The quantitative estimate of drug-likeness (QED) is 0.614. The summed E-state index contributed by atoms with van der Waals surface area (Å²) in [5.41, 5.74) is 0.102. The maximum Gasteiger partial charge on any atom is 0.267 e. The van der Waals surface area contributed by atoms with Crippen molar-refractivity contribution in [2.75, 3.05) is 4.72 Å². The number of rotatable bonds is 4. The highest BCUT2D eigenvalue weighted by Crippen LogP contribution is 2.30. The Morgan fingerprint density at radius 1 is 1.18 bits per heavy atom. The highest BCUT2D eigenvalue weighted by Gasteiger charge is 2.24. The Morgan fingerprint density at radius 3 is 2.36 bits per heavy atom. The number of hydrogen-bond acceptors (Lipinski definition) is 4. The molecule has 0 aliphatic rings. The lowest BCUT2D eigenvalue weighted by atomic mass is 10.3. The van der Waals surface area contributed by atoms with Crippen molar-refractivity contribution in [2.24, 2.45) is 0 Å². The minimum atomic E-state index is -4.42. The number of nitrogens with one attached hydrogen (secondary N) is 1. The molecule has 1 N–H and O–H groups in total. The van der Waals surface area contributed by atoms with E-state index in [4.69, 9.17) is 5.26 Å². The summed E-state index contributed by atoms with van der Waals surface area (Å²) in [6.45, 7) is 0. The molecule has 0 bridgehead atoms. The Kier molecular flexibility index (Phi) is 5.05. The van der Waals surface area contributed by atoms with E-state index in [-0.39, 0.29) is 5.69 Å². The standard InChI is InChI=1S/C13H7BrF2N2O2S2/c14-9-6-8(21-7-17)4-5-12(9)18-22(19,20)13-10(15)2-1-3-11(13)16/h1-6,18H. The molecule has 114 valence electrons. The van der Waals surface area contributed by atoms with Gasteiger partial charge in [-0.3, -0.25) is 4.72 Å². The number of halogens is 3. The van der Waals surface area contributed by atoms with Crippen LogP contribution < -0.4 is 4.72 Å². The fraction of sp³-hybridized carbons (Fsp3) is 0. The third-order valence-corrected chi connectivity index (χ3v) is 5.19. The van der Waals surface area contributed by atoms with Crippen LogP contribution in [0.1, 0.15) is 0 Å². The molecule has 0 unspecified atom stereocenters. The van der Waals surface area contributed by atoms with Crippen LogP contribution in [-0.2, 0) is 10.0 Å². The maximum atomic E-state index is 13.6. The van der Waals surface area contributed by atoms with Gasteiger partial charge in [0.2, 0.25) is 0 Å². The predicted octanol–water partition coefficient (Wildman–Crippen LogP) is 4.10. The number of hydrogen-bond donors (Lipinski definition) is 1. The first-order valence-corrected chi connectivity index (χ1v) is 8.77. The van der Waals surface area contributed by atoms with Crippen LogP contribution in [0.5, 0.6) is 0 Å². The monoisotopic (exact) mass is 404 g/mol. The number of nitrogens with zero attached hydrogens (tertiary/aromatic N) is 1. The zero-order chi connectivity index (χ0) is 16.3. The molecule has 0 saturated heterocycles. The number of sulfonamides is 1. The van der Waals surface area contributed by atoms with Crippen molar-refractivity contribution >= 4 is 43.4 Å². The van der Waals surface area contributed by atoms with Gasteiger partial charge >= 0.3 is 0 Å². The molecule has 9 heteroatoms. The Morgan fingerprint density at radius 2 is 1.82 bits per heavy atom. The van der Waals surface area contributed by atoms with Crippen molar-refractivity contribution in [3.63, 3.8) is 0 Å². The summed E-state index contributed by atoms with van der Waals surface area (Å²) in [7, 11) is -4.42. The molecular weight excluding hydrogens is 398 g/mol. The van der Waals surface area contributed by atoms with E-state index in [0.29, 0.717) is 9.37 Å². The molecule has 0 aliphatic carbocycles. The van der Waals surface area contributed by atoms with E-state index in [1.807, 2.05) is 5.40 Å². The first kappa shape index (κ1) is 16.7. The topological polar surface area (TPSA) is 70.0 Å². The van der Waals surface area contributed by atoms with Gasteiger partial charge in [-0.2, -0.15) is 5.26 Å². The number of thiocyanates is 1. The first-order valence-electron chi connectivity index (χ1n) is 5.67. The fourth-order valence-corrected chi connectivity index (χ4v) is 4.03. The summed E-state index contributed by atoms with van der Waals surface area (Å²) < 4.78 is 53.9. The van der Waals surface area contributed by atoms with E-state index < -0.39 is 26.6 Å². The minimum absolute atomic E-state index is 0.102. The van der Waals surface area contributed by atoms with Gasteiger partial charge in [-0.1, -0.05) is 6.07 Å². The number of nitriles is 1. The molecule has 4 nitrogen and oxygen atoms in total. The normalized spacial score (nSPS) is 11.0. The highest BCUT2D eigenvalue weighted by atomic mass is 79.9. The third kappa shape index (κ3) is 3.58. The molecule has 0 spiro atoms. The number of anilines is 1. The van der Waals surface area contributed by atoms with E-state index in [9.17, 15) is 17.2 Å². The molecule has 0 saturated carbocycles. The Hall–Kier alpha value is -1.63. The van der Waals surface area contributed by atoms with E-state index >= 15 is 0 Å². The molecule has 0 amide bonds. The van der Waals surface area contributed by atoms with Crippen LogP contribution in [0.25, 0.3) is 0 Å². The van der Waals surface area contributed by atoms with Gasteiger partial charge in [0.1, 0.15) is 17.0 Å². The third-order valence-electron chi connectivity index (χ3n) is 2.54. The predicted molar refractivity (Wildman–Crippen MR) is 82.8 cm³/mol. The lowest BCUT2D eigenvalue weighted by Crippen LogP contribution is -2.16. The van der Waals surface area contributed by atoms with Gasteiger partial charge in [0.25, 0.3) is 10.0 Å². The van der Waals surface area contributed by atoms with Gasteiger partial charge in [-0.05, 0) is 58.0 Å². The molecular formula is C13H7BrF2N2O2S2. The van der Waals surface area contributed by atoms with Crippen LogP contribution in [-0.4, -0.2) is 8.42 Å². The number of thioether (sulfide) groups is 1. The Balaban J connectivity index is 2.40. The van der Waals surface area contributed by atoms with Crippen LogP contribution in [0.4, 0.5) is 14.5 Å². The largest absolute Gasteiger partial charge is 0.278 e. The summed E-state index contributed by atoms with van der Waals surface area (Å²) >= 11 is 4.04. The van der Waals surface area contributed by atoms with Gasteiger partial charge in [0.05, 0.1) is 5.69 Å². The van der Waals surface area contributed by atoms with Crippen LogP contribution in [0, 0.1) is 22.3 Å². The molecule has 0 atom stereocenters. The molecule has 0 aliphatic heterocycles. The highest BCUT2D eigenvalue weighted by molar-refractivity contribution is 9.10. The van der Waals surface area contributed by atoms with Crippen LogP contribution in [0.15, 0.2) is 50.7 Å². The van der Waals surface area contributed by atoms with Crippen molar-refractivity contribution in [1.82, 2.24) is 0 Å². The van der Waals surface area contributed by atoms with Crippen LogP contribution in [0.2, 0.25) is 0 Å². The average Bonchev–Trinajstić information content (AvgIpc) is 2.41. The lowest BCUT2D eigenvalue weighted by Gasteiger charge is -2.11. The molecule has 2 aromatic carbocycles. The SMILES string of the molecule is N#CSc1ccc(NS(=O)(=O)c2c(F)cccc2F)c(Br)c1. The summed E-state index contributed by atoms with van der Waals surface area (Å²) in [5, 5.41) is 10.5.